The highest BCUT2D eigenvalue weighted by Gasteiger charge is 2.20. The summed E-state index contributed by atoms with van der Waals surface area (Å²) in [6, 6.07) is 11.4. The molecule has 0 atom stereocenters. The molecule has 5 nitrogen and oxygen atoms in total. The third-order valence-electron chi connectivity index (χ3n) is 5.31. The van der Waals surface area contributed by atoms with Gasteiger partial charge in [0.05, 0.1) is 5.69 Å². The molecule has 2 amide bonds. The van der Waals surface area contributed by atoms with Crippen LogP contribution in [0.25, 0.3) is 0 Å². The molecule has 144 valence electrons. The van der Waals surface area contributed by atoms with Gasteiger partial charge in [0.25, 0.3) is 0 Å². The van der Waals surface area contributed by atoms with Crippen LogP contribution in [0.15, 0.2) is 36.4 Å². The Balaban J connectivity index is 0.000000194. The SMILES string of the molecule is CCC(C)(C)c1ccc2c(c1)CCC2.N=Cc1c(N)cccc1NC(N)=O. The lowest BCUT2D eigenvalue weighted by Crippen LogP contribution is -2.20. The van der Waals surface area contributed by atoms with E-state index in [1.165, 1.54) is 31.2 Å². The molecule has 0 radical (unpaired) electrons. The zero-order valence-corrected chi connectivity index (χ0v) is 16.4. The summed E-state index contributed by atoms with van der Waals surface area (Å²) in [4.78, 5) is 10.5. The van der Waals surface area contributed by atoms with Gasteiger partial charge in [0.15, 0.2) is 0 Å². The van der Waals surface area contributed by atoms with Crippen LogP contribution in [0.4, 0.5) is 16.2 Å². The average Bonchev–Trinajstić information content (AvgIpc) is 3.10. The quantitative estimate of drug-likeness (QED) is 0.468. The number of rotatable bonds is 4. The number of fused-ring (bicyclic) bond motifs is 1. The normalized spacial score (nSPS) is 12.6. The second-order valence-corrected chi connectivity index (χ2v) is 7.52. The number of hydrogen-bond donors (Lipinski definition) is 4. The highest BCUT2D eigenvalue weighted by molar-refractivity contribution is 5.98. The van der Waals surface area contributed by atoms with Gasteiger partial charge in [-0.05, 0) is 59.9 Å². The molecule has 1 aliphatic rings. The maximum atomic E-state index is 10.5. The van der Waals surface area contributed by atoms with Crippen LogP contribution in [-0.2, 0) is 18.3 Å². The first kappa shape index (κ1) is 20.5. The Morgan fingerprint density at radius 1 is 1.22 bits per heavy atom. The lowest BCUT2D eigenvalue weighted by atomic mass is 9.81. The van der Waals surface area contributed by atoms with Crippen LogP contribution in [0.1, 0.15) is 55.9 Å². The number of anilines is 2. The van der Waals surface area contributed by atoms with Crippen LogP contribution in [0.2, 0.25) is 0 Å². The molecule has 2 aromatic rings. The van der Waals surface area contributed by atoms with Gasteiger partial charge in [-0.25, -0.2) is 4.79 Å². The second kappa shape index (κ2) is 8.71. The summed E-state index contributed by atoms with van der Waals surface area (Å²) in [5, 5.41) is 9.45. The van der Waals surface area contributed by atoms with Crippen LogP contribution >= 0.6 is 0 Å². The molecule has 27 heavy (non-hydrogen) atoms. The second-order valence-electron chi connectivity index (χ2n) is 7.52. The number of nitrogens with one attached hydrogen (secondary N) is 2. The fourth-order valence-corrected chi connectivity index (χ4v) is 3.18. The van der Waals surface area contributed by atoms with Crippen LogP contribution < -0.4 is 16.8 Å². The number of primary amides is 1. The first-order chi connectivity index (χ1) is 12.8. The van der Waals surface area contributed by atoms with E-state index in [2.05, 4.69) is 44.3 Å². The highest BCUT2D eigenvalue weighted by Crippen LogP contribution is 2.31. The number of hydrogen-bond acceptors (Lipinski definition) is 3. The molecule has 3 rings (SSSR count). The van der Waals surface area contributed by atoms with Crippen molar-refractivity contribution in [2.75, 3.05) is 11.1 Å². The molecule has 0 unspecified atom stereocenters. The van der Waals surface area contributed by atoms with E-state index in [0.29, 0.717) is 22.4 Å². The maximum absolute atomic E-state index is 10.5. The van der Waals surface area contributed by atoms with E-state index in [1.54, 1.807) is 29.3 Å². The number of aryl methyl sites for hydroxylation is 2. The van der Waals surface area contributed by atoms with E-state index in [0.717, 1.165) is 6.21 Å². The topological polar surface area (TPSA) is 105 Å². The largest absolute Gasteiger partial charge is 0.398 e. The Morgan fingerprint density at radius 3 is 2.56 bits per heavy atom. The summed E-state index contributed by atoms with van der Waals surface area (Å²) in [5.74, 6) is 0. The molecule has 0 saturated carbocycles. The minimum absolute atomic E-state index is 0.345. The molecule has 0 saturated heterocycles. The van der Waals surface area contributed by atoms with E-state index >= 15 is 0 Å². The summed E-state index contributed by atoms with van der Waals surface area (Å²) >= 11 is 0. The van der Waals surface area contributed by atoms with Crippen LogP contribution in [0.5, 0.6) is 0 Å². The minimum atomic E-state index is -0.672. The molecule has 1 aliphatic carbocycles. The van der Waals surface area contributed by atoms with Crippen molar-refractivity contribution in [3.63, 3.8) is 0 Å². The Hall–Kier alpha value is -2.82. The van der Waals surface area contributed by atoms with Crippen molar-refractivity contribution in [3.8, 4) is 0 Å². The number of urea groups is 1. The van der Waals surface area contributed by atoms with E-state index in [-0.39, 0.29) is 0 Å². The Morgan fingerprint density at radius 2 is 1.93 bits per heavy atom. The fourth-order valence-electron chi connectivity index (χ4n) is 3.18. The lowest BCUT2D eigenvalue weighted by molar-refractivity contribution is 0.259. The highest BCUT2D eigenvalue weighted by atomic mass is 16.2. The monoisotopic (exact) mass is 366 g/mol. The smallest absolute Gasteiger partial charge is 0.316 e. The van der Waals surface area contributed by atoms with Gasteiger partial charge in [0, 0.05) is 17.5 Å². The molecule has 0 fully saturated rings. The number of carbonyl (C=O) groups is 1. The third-order valence-corrected chi connectivity index (χ3v) is 5.31. The van der Waals surface area contributed by atoms with E-state index < -0.39 is 6.03 Å². The van der Waals surface area contributed by atoms with Crippen molar-refractivity contribution in [1.82, 2.24) is 0 Å². The van der Waals surface area contributed by atoms with Crippen molar-refractivity contribution < 1.29 is 4.79 Å². The van der Waals surface area contributed by atoms with Crippen LogP contribution in [0.3, 0.4) is 0 Å². The molecule has 2 aromatic carbocycles. The molecule has 0 bridgehead atoms. The van der Waals surface area contributed by atoms with Crippen molar-refractivity contribution in [1.29, 1.82) is 5.41 Å². The number of nitrogens with two attached hydrogens (primary N) is 2. The first-order valence-electron chi connectivity index (χ1n) is 9.36. The number of carbonyl (C=O) groups excluding carboxylic acids is 1. The van der Waals surface area contributed by atoms with Gasteiger partial charge in [-0.3, -0.25) is 0 Å². The summed E-state index contributed by atoms with van der Waals surface area (Å²) in [6.45, 7) is 6.95. The minimum Gasteiger partial charge on any atom is -0.398 e. The maximum Gasteiger partial charge on any atom is 0.316 e. The third kappa shape index (κ3) is 5.09. The molecule has 5 heteroatoms. The van der Waals surface area contributed by atoms with Gasteiger partial charge in [-0.1, -0.05) is 45.0 Å². The van der Waals surface area contributed by atoms with Crippen molar-refractivity contribution in [3.05, 3.63) is 58.7 Å². The fraction of sp³-hybridized carbons (Fsp3) is 0.364. The predicted molar refractivity (Wildman–Crippen MR) is 114 cm³/mol. The van der Waals surface area contributed by atoms with Gasteiger partial charge in [0.2, 0.25) is 0 Å². The van der Waals surface area contributed by atoms with E-state index in [9.17, 15) is 4.79 Å². The average molecular weight is 367 g/mol. The molecule has 0 heterocycles. The molecule has 0 aliphatic heterocycles. The van der Waals surface area contributed by atoms with Gasteiger partial charge >= 0.3 is 6.03 Å². The van der Waals surface area contributed by atoms with Gasteiger partial charge in [-0.2, -0.15) is 0 Å². The van der Waals surface area contributed by atoms with Gasteiger partial charge in [0.1, 0.15) is 0 Å². The van der Waals surface area contributed by atoms with Gasteiger partial charge in [-0.15, -0.1) is 0 Å². The van der Waals surface area contributed by atoms with E-state index in [1.807, 2.05) is 0 Å². The predicted octanol–water partition coefficient (Wildman–Crippen LogP) is 4.62. The summed E-state index contributed by atoms with van der Waals surface area (Å²) < 4.78 is 0. The summed E-state index contributed by atoms with van der Waals surface area (Å²) in [7, 11) is 0. The molecule has 0 aromatic heterocycles. The van der Waals surface area contributed by atoms with Crippen LogP contribution in [0, 0.1) is 5.41 Å². The van der Waals surface area contributed by atoms with Gasteiger partial charge < -0.3 is 22.2 Å². The zero-order chi connectivity index (χ0) is 20.0. The summed E-state index contributed by atoms with van der Waals surface area (Å²) in [6.07, 6.45) is 6.23. The van der Waals surface area contributed by atoms with Crippen molar-refractivity contribution in [2.45, 2.75) is 51.9 Å². The number of nitrogen functional groups attached to an aromatic ring is 1. The Labute approximate surface area is 161 Å². The molecule has 6 N–H and O–H groups in total. The number of amides is 2. The lowest BCUT2D eigenvalue weighted by Gasteiger charge is -2.24. The number of benzene rings is 2. The Kier molecular flexibility index (Phi) is 6.61. The zero-order valence-electron chi connectivity index (χ0n) is 16.4. The van der Waals surface area contributed by atoms with Crippen molar-refractivity contribution >= 4 is 23.6 Å². The Bertz CT molecular complexity index is 827. The summed E-state index contributed by atoms with van der Waals surface area (Å²) in [5.41, 5.74) is 16.9. The van der Waals surface area contributed by atoms with Crippen molar-refractivity contribution in [2.24, 2.45) is 5.73 Å². The van der Waals surface area contributed by atoms with Crippen LogP contribution in [-0.4, -0.2) is 12.2 Å². The molecular weight excluding hydrogens is 336 g/mol. The molecular formula is C22H30N4O. The first-order valence-corrected chi connectivity index (χ1v) is 9.36. The van der Waals surface area contributed by atoms with E-state index in [4.69, 9.17) is 16.9 Å². The standard InChI is InChI=1S/C14H20.C8H10N4O/c1-4-14(2,3)13-9-8-11-6-5-7-12(11)10-13;9-4-5-6(10)2-1-3-7(5)12-8(11)13/h8-10H,4-7H2,1-3H3;1-4,9H,10H2,(H3,11,12,13). The molecule has 0 spiro atoms.